The summed E-state index contributed by atoms with van der Waals surface area (Å²) >= 11 is 5.21. The summed E-state index contributed by atoms with van der Waals surface area (Å²) in [6, 6.07) is 16.2. The van der Waals surface area contributed by atoms with E-state index < -0.39 is 0 Å². The van der Waals surface area contributed by atoms with Gasteiger partial charge >= 0.3 is 0 Å². The maximum absolute atomic E-state index is 12.1. The van der Waals surface area contributed by atoms with Crippen LogP contribution in [0.3, 0.4) is 0 Å². The number of carbonyl (C=O) groups excluding carboxylic acids is 2. The number of benzene rings is 2. The molecule has 0 atom stereocenters. The average Bonchev–Trinajstić information content (AvgIpc) is 2.73. The zero-order valence-corrected chi connectivity index (χ0v) is 18.1. The molecule has 0 saturated heterocycles. The van der Waals surface area contributed by atoms with Gasteiger partial charge in [0.05, 0.1) is 0 Å². The number of thiocarbonyl (C=S) groups is 1. The number of anilines is 2. The molecule has 2 aromatic carbocycles. The molecule has 0 unspecified atom stereocenters. The van der Waals surface area contributed by atoms with Crippen molar-refractivity contribution < 1.29 is 14.3 Å². The van der Waals surface area contributed by atoms with E-state index in [9.17, 15) is 9.59 Å². The Labute approximate surface area is 183 Å². The number of unbranched alkanes of at least 4 members (excludes halogenated alkanes) is 4. The smallest absolute Gasteiger partial charge is 0.262 e. The van der Waals surface area contributed by atoms with Gasteiger partial charge in [-0.15, -0.1) is 0 Å². The molecular formula is C23H29N3O3S. The van der Waals surface area contributed by atoms with Crippen LogP contribution >= 0.6 is 12.2 Å². The number of para-hydroxylation sites is 1. The molecule has 0 fully saturated rings. The maximum atomic E-state index is 12.1. The van der Waals surface area contributed by atoms with Gasteiger partial charge in [-0.1, -0.05) is 56.9 Å². The highest BCUT2D eigenvalue weighted by Crippen LogP contribution is 2.15. The van der Waals surface area contributed by atoms with Crippen LogP contribution in [0.1, 0.15) is 45.4 Å². The van der Waals surface area contributed by atoms with E-state index in [1.807, 2.05) is 18.2 Å². The van der Waals surface area contributed by atoms with E-state index in [-0.39, 0.29) is 23.5 Å². The molecule has 2 amide bonds. The van der Waals surface area contributed by atoms with E-state index in [0.29, 0.717) is 23.5 Å². The number of amides is 2. The van der Waals surface area contributed by atoms with Gasteiger partial charge in [-0.2, -0.15) is 0 Å². The zero-order chi connectivity index (χ0) is 21.6. The standard InChI is InChI=1S/C23H29N3O3S/c1-2-3-4-5-9-15-21(27)26-23(30)25-19-12-10-11-18(16-19)24-22(28)17-29-20-13-7-6-8-14-20/h6-8,10-14,16H,2-5,9,15,17H2,1H3,(H,24,28)(H2,25,26,27,30). The summed E-state index contributed by atoms with van der Waals surface area (Å²) in [7, 11) is 0. The van der Waals surface area contributed by atoms with Gasteiger partial charge in [0, 0.05) is 17.8 Å². The maximum Gasteiger partial charge on any atom is 0.262 e. The van der Waals surface area contributed by atoms with Crippen LogP contribution < -0.4 is 20.7 Å². The highest BCUT2D eigenvalue weighted by atomic mass is 32.1. The molecule has 0 saturated carbocycles. The number of ether oxygens (including phenoxy) is 1. The van der Waals surface area contributed by atoms with E-state index in [1.165, 1.54) is 12.8 Å². The van der Waals surface area contributed by atoms with Crippen LogP contribution in [0.5, 0.6) is 5.75 Å². The summed E-state index contributed by atoms with van der Waals surface area (Å²) in [5.74, 6) is 0.274. The van der Waals surface area contributed by atoms with Crippen LogP contribution in [0.25, 0.3) is 0 Å². The van der Waals surface area contributed by atoms with Crippen molar-refractivity contribution in [1.29, 1.82) is 0 Å². The Morgan fingerprint density at radius 2 is 1.57 bits per heavy atom. The molecule has 7 heteroatoms. The molecule has 0 heterocycles. The van der Waals surface area contributed by atoms with Crippen molar-refractivity contribution in [2.45, 2.75) is 45.4 Å². The summed E-state index contributed by atoms with van der Waals surface area (Å²) in [6.45, 7) is 2.07. The van der Waals surface area contributed by atoms with Crippen LogP contribution in [0.4, 0.5) is 11.4 Å². The summed E-state index contributed by atoms with van der Waals surface area (Å²) in [5, 5.41) is 8.68. The predicted molar refractivity (Wildman–Crippen MR) is 125 cm³/mol. The molecule has 0 radical (unpaired) electrons. The summed E-state index contributed by atoms with van der Waals surface area (Å²) in [6.07, 6.45) is 5.91. The van der Waals surface area contributed by atoms with Crippen molar-refractivity contribution in [3.8, 4) is 5.75 Å². The van der Waals surface area contributed by atoms with Gasteiger partial charge in [0.25, 0.3) is 5.91 Å². The normalized spacial score (nSPS) is 10.2. The van der Waals surface area contributed by atoms with Gasteiger partial charge in [0.15, 0.2) is 11.7 Å². The van der Waals surface area contributed by atoms with Gasteiger partial charge < -0.3 is 20.7 Å². The fourth-order valence-electron chi connectivity index (χ4n) is 2.78. The van der Waals surface area contributed by atoms with Crippen molar-refractivity contribution in [3.63, 3.8) is 0 Å². The lowest BCUT2D eigenvalue weighted by Crippen LogP contribution is -2.33. The van der Waals surface area contributed by atoms with Crippen LogP contribution in [-0.4, -0.2) is 23.5 Å². The molecule has 2 rings (SSSR count). The van der Waals surface area contributed by atoms with E-state index in [1.54, 1.807) is 36.4 Å². The van der Waals surface area contributed by atoms with E-state index in [4.69, 9.17) is 17.0 Å². The number of hydrogen-bond acceptors (Lipinski definition) is 4. The Hall–Kier alpha value is -2.93. The number of rotatable bonds is 11. The van der Waals surface area contributed by atoms with Crippen molar-refractivity contribution in [2.75, 3.05) is 17.2 Å². The van der Waals surface area contributed by atoms with E-state index in [2.05, 4.69) is 22.9 Å². The highest BCUT2D eigenvalue weighted by Gasteiger charge is 2.07. The third kappa shape index (κ3) is 9.52. The second-order valence-electron chi connectivity index (χ2n) is 6.90. The third-order valence-corrected chi connectivity index (χ3v) is 4.48. The first-order chi connectivity index (χ1) is 14.6. The number of hydrogen-bond donors (Lipinski definition) is 3. The van der Waals surface area contributed by atoms with Gasteiger partial charge in [-0.3, -0.25) is 9.59 Å². The van der Waals surface area contributed by atoms with Gasteiger partial charge in [-0.25, -0.2) is 0 Å². The summed E-state index contributed by atoms with van der Waals surface area (Å²) < 4.78 is 5.44. The molecule has 0 aromatic heterocycles. The highest BCUT2D eigenvalue weighted by molar-refractivity contribution is 7.80. The fraction of sp³-hybridized carbons (Fsp3) is 0.348. The lowest BCUT2D eigenvalue weighted by Gasteiger charge is -2.12. The topological polar surface area (TPSA) is 79.5 Å². The number of carbonyl (C=O) groups is 2. The molecule has 6 nitrogen and oxygen atoms in total. The molecule has 0 aliphatic heterocycles. The van der Waals surface area contributed by atoms with Gasteiger partial charge in [0.2, 0.25) is 5.91 Å². The summed E-state index contributed by atoms with van der Waals surface area (Å²) in [4.78, 5) is 24.1. The molecule has 0 spiro atoms. The van der Waals surface area contributed by atoms with Crippen molar-refractivity contribution in [2.24, 2.45) is 0 Å². The zero-order valence-electron chi connectivity index (χ0n) is 17.3. The summed E-state index contributed by atoms with van der Waals surface area (Å²) in [5.41, 5.74) is 1.27. The molecule has 160 valence electrons. The molecular weight excluding hydrogens is 398 g/mol. The average molecular weight is 428 g/mol. The Kier molecular flexibility index (Phi) is 10.4. The monoisotopic (exact) mass is 427 g/mol. The Morgan fingerprint density at radius 1 is 0.867 bits per heavy atom. The van der Waals surface area contributed by atoms with Crippen LogP contribution in [0, 0.1) is 0 Å². The number of nitrogens with one attached hydrogen (secondary N) is 3. The van der Waals surface area contributed by atoms with Gasteiger partial charge in [0.1, 0.15) is 5.75 Å². The minimum Gasteiger partial charge on any atom is -0.484 e. The Morgan fingerprint density at radius 3 is 2.30 bits per heavy atom. The predicted octanol–water partition coefficient (Wildman–Crippen LogP) is 4.88. The van der Waals surface area contributed by atoms with Crippen molar-refractivity contribution >= 4 is 40.5 Å². The molecule has 0 aliphatic rings. The fourth-order valence-corrected chi connectivity index (χ4v) is 3.01. The Balaban J connectivity index is 1.74. The van der Waals surface area contributed by atoms with Crippen LogP contribution in [-0.2, 0) is 9.59 Å². The SMILES string of the molecule is CCCCCCCC(=O)NC(=S)Nc1cccc(NC(=O)COc2ccccc2)c1. The Bertz CT molecular complexity index is 827. The van der Waals surface area contributed by atoms with Crippen molar-refractivity contribution in [1.82, 2.24) is 5.32 Å². The second kappa shape index (κ2) is 13.3. The molecule has 2 aromatic rings. The largest absolute Gasteiger partial charge is 0.484 e. The first-order valence-corrected chi connectivity index (χ1v) is 10.7. The van der Waals surface area contributed by atoms with Crippen LogP contribution in [0.2, 0.25) is 0 Å². The first-order valence-electron chi connectivity index (χ1n) is 10.3. The minimum absolute atomic E-state index is 0.0889. The molecule has 30 heavy (non-hydrogen) atoms. The quantitative estimate of drug-likeness (QED) is 0.352. The van der Waals surface area contributed by atoms with E-state index >= 15 is 0 Å². The van der Waals surface area contributed by atoms with Gasteiger partial charge in [-0.05, 0) is 49.0 Å². The second-order valence-corrected chi connectivity index (χ2v) is 7.31. The lowest BCUT2D eigenvalue weighted by atomic mass is 10.1. The molecule has 3 N–H and O–H groups in total. The third-order valence-electron chi connectivity index (χ3n) is 4.28. The first kappa shape index (κ1) is 23.3. The minimum atomic E-state index is -0.269. The molecule has 0 aliphatic carbocycles. The molecule has 0 bridgehead atoms. The van der Waals surface area contributed by atoms with Crippen molar-refractivity contribution in [3.05, 3.63) is 54.6 Å². The lowest BCUT2D eigenvalue weighted by molar-refractivity contribution is -0.120. The van der Waals surface area contributed by atoms with E-state index in [0.717, 1.165) is 19.3 Å². The van der Waals surface area contributed by atoms with Crippen LogP contribution in [0.15, 0.2) is 54.6 Å².